The summed E-state index contributed by atoms with van der Waals surface area (Å²) >= 11 is 0. The number of carbonyl (C=O) groups is 1. The lowest BCUT2D eigenvalue weighted by Crippen LogP contribution is -2.23. The van der Waals surface area contributed by atoms with Crippen LogP contribution in [0.1, 0.15) is 21.5 Å². The van der Waals surface area contributed by atoms with Gasteiger partial charge in [-0.1, -0.05) is 6.07 Å². The standard InChI is InChI=1S/C18H17F2N3O2/c1-11-3-8-15-16(23(2)10-22-15)14(11)9-21-17(24)12-4-6-13(7-5-12)25-18(19)20/h3-8,10,18H,9H2,1-2H3,(H,21,24). The van der Waals surface area contributed by atoms with Gasteiger partial charge < -0.3 is 14.6 Å². The number of alkyl halides is 2. The molecule has 1 heterocycles. The Morgan fingerprint density at radius 2 is 1.96 bits per heavy atom. The van der Waals surface area contributed by atoms with Crippen LogP contribution in [-0.2, 0) is 13.6 Å². The second kappa shape index (κ2) is 6.88. The third kappa shape index (κ3) is 3.60. The van der Waals surface area contributed by atoms with Crippen LogP contribution in [0.4, 0.5) is 8.78 Å². The number of aryl methyl sites for hydroxylation is 2. The van der Waals surface area contributed by atoms with Gasteiger partial charge in [-0.2, -0.15) is 8.78 Å². The van der Waals surface area contributed by atoms with Crippen molar-refractivity contribution in [2.75, 3.05) is 0 Å². The van der Waals surface area contributed by atoms with E-state index in [9.17, 15) is 13.6 Å². The van der Waals surface area contributed by atoms with Gasteiger partial charge in [-0.25, -0.2) is 4.98 Å². The van der Waals surface area contributed by atoms with Gasteiger partial charge in [0.15, 0.2) is 0 Å². The van der Waals surface area contributed by atoms with Crippen molar-refractivity contribution in [3.63, 3.8) is 0 Å². The predicted molar refractivity (Wildman–Crippen MR) is 89.7 cm³/mol. The van der Waals surface area contributed by atoms with E-state index < -0.39 is 6.61 Å². The Hall–Kier alpha value is -2.96. The minimum Gasteiger partial charge on any atom is -0.435 e. The minimum absolute atomic E-state index is 0.0158. The number of amides is 1. The van der Waals surface area contributed by atoms with Crippen molar-refractivity contribution in [3.05, 3.63) is 59.4 Å². The van der Waals surface area contributed by atoms with Crippen molar-refractivity contribution < 1.29 is 18.3 Å². The van der Waals surface area contributed by atoms with Crippen LogP contribution in [0.3, 0.4) is 0 Å². The predicted octanol–water partition coefficient (Wildman–Crippen LogP) is 3.41. The number of carbonyl (C=O) groups excluding carboxylic acids is 1. The summed E-state index contributed by atoms with van der Waals surface area (Å²) in [7, 11) is 1.90. The Labute approximate surface area is 143 Å². The smallest absolute Gasteiger partial charge is 0.387 e. The van der Waals surface area contributed by atoms with Crippen molar-refractivity contribution in [2.45, 2.75) is 20.1 Å². The molecule has 5 nitrogen and oxygen atoms in total. The molecule has 0 saturated heterocycles. The molecule has 1 N–H and O–H groups in total. The molecule has 0 aliphatic heterocycles. The van der Waals surface area contributed by atoms with Crippen LogP contribution >= 0.6 is 0 Å². The summed E-state index contributed by atoms with van der Waals surface area (Å²) < 4.78 is 30.5. The number of aromatic nitrogens is 2. The highest BCUT2D eigenvalue weighted by Crippen LogP contribution is 2.21. The Morgan fingerprint density at radius 3 is 2.64 bits per heavy atom. The van der Waals surface area contributed by atoms with E-state index in [4.69, 9.17) is 0 Å². The van der Waals surface area contributed by atoms with Gasteiger partial charge in [0.05, 0.1) is 17.4 Å². The number of nitrogens with zero attached hydrogens (tertiary/aromatic N) is 2. The number of hydrogen-bond donors (Lipinski definition) is 1. The molecule has 0 fully saturated rings. The van der Waals surface area contributed by atoms with Gasteiger partial charge in [0, 0.05) is 24.7 Å². The summed E-state index contributed by atoms with van der Waals surface area (Å²) in [5, 5.41) is 2.86. The van der Waals surface area contributed by atoms with Crippen molar-refractivity contribution in [3.8, 4) is 5.75 Å². The molecule has 7 heteroatoms. The number of ether oxygens (including phenoxy) is 1. The zero-order valence-electron chi connectivity index (χ0n) is 13.8. The van der Waals surface area contributed by atoms with Crippen molar-refractivity contribution in [1.82, 2.24) is 14.9 Å². The van der Waals surface area contributed by atoms with E-state index in [1.165, 1.54) is 24.3 Å². The van der Waals surface area contributed by atoms with Gasteiger partial charge in [-0.3, -0.25) is 4.79 Å². The average molecular weight is 345 g/mol. The molecular weight excluding hydrogens is 328 g/mol. The zero-order chi connectivity index (χ0) is 18.0. The second-order valence-corrected chi connectivity index (χ2v) is 5.67. The first kappa shape index (κ1) is 16.9. The molecule has 0 atom stereocenters. The van der Waals surface area contributed by atoms with Crippen molar-refractivity contribution in [2.24, 2.45) is 7.05 Å². The highest BCUT2D eigenvalue weighted by molar-refractivity contribution is 5.94. The molecule has 0 unspecified atom stereocenters. The number of fused-ring (bicyclic) bond motifs is 1. The van der Waals surface area contributed by atoms with E-state index in [-0.39, 0.29) is 11.7 Å². The summed E-state index contributed by atoms with van der Waals surface area (Å²) in [6, 6.07) is 9.49. The largest absolute Gasteiger partial charge is 0.435 e. The molecular formula is C18H17F2N3O2. The summed E-state index contributed by atoms with van der Waals surface area (Å²) in [6.45, 7) is -0.566. The van der Waals surface area contributed by atoms with E-state index in [1.54, 1.807) is 6.33 Å². The van der Waals surface area contributed by atoms with Crippen LogP contribution in [0.15, 0.2) is 42.7 Å². The molecule has 2 aromatic carbocycles. The number of hydrogen-bond acceptors (Lipinski definition) is 3. The molecule has 0 saturated carbocycles. The molecule has 0 bridgehead atoms. The number of nitrogens with one attached hydrogen (secondary N) is 1. The normalized spacial score (nSPS) is 11.1. The fourth-order valence-electron chi connectivity index (χ4n) is 2.71. The Balaban J connectivity index is 1.74. The summed E-state index contributed by atoms with van der Waals surface area (Å²) in [6.07, 6.45) is 1.73. The highest BCUT2D eigenvalue weighted by Gasteiger charge is 2.12. The Morgan fingerprint density at radius 1 is 1.24 bits per heavy atom. The van der Waals surface area contributed by atoms with Gasteiger partial charge in [0.1, 0.15) is 5.75 Å². The fourth-order valence-corrected chi connectivity index (χ4v) is 2.71. The second-order valence-electron chi connectivity index (χ2n) is 5.67. The number of rotatable bonds is 5. The monoisotopic (exact) mass is 345 g/mol. The third-order valence-electron chi connectivity index (χ3n) is 3.99. The van der Waals surface area contributed by atoms with Crippen LogP contribution in [0.5, 0.6) is 5.75 Å². The summed E-state index contributed by atoms with van der Waals surface area (Å²) in [4.78, 5) is 16.6. The van der Waals surface area contributed by atoms with Gasteiger partial charge in [0.25, 0.3) is 5.91 Å². The summed E-state index contributed by atoms with van der Waals surface area (Å²) in [5.41, 5.74) is 4.25. The maximum Gasteiger partial charge on any atom is 0.387 e. The molecule has 3 rings (SSSR count). The molecule has 3 aromatic rings. The first-order chi connectivity index (χ1) is 12.0. The van der Waals surface area contributed by atoms with Gasteiger partial charge in [-0.15, -0.1) is 0 Å². The van der Waals surface area contributed by atoms with Crippen LogP contribution in [-0.4, -0.2) is 22.1 Å². The van der Waals surface area contributed by atoms with Crippen LogP contribution in [0.25, 0.3) is 11.0 Å². The van der Waals surface area contributed by atoms with Gasteiger partial charge in [-0.05, 0) is 42.8 Å². The number of halogens is 2. The minimum atomic E-state index is -2.89. The van der Waals surface area contributed by atoms with Crippen molar-refractivity contribution in [1.29, 1.82) is 0 Å². The average Bonchev–Trinajstić information content (AvgIpc) is 2.95. The van der Waals surface area contributed by atoms with Crippen LogP contribution in [0, 0.1) is 6.92 Å². The third-order valence-corrected chi connectivity index (χ3v) is 3.99. The molecule has 0 spiro atoms. The van der Waals surface area contributed by atoms with Crippen LogP contribution < -0.4 is 10.1 Å². The lowest BCUT2D eigenvalue weighted by molar-refractivity contribution is -0.0498. The van der Waals surface area contributed by atoms with E-state index in [2.05, 4.69) is 15.0 Å². The van der Waals surface area contributed by atoms with Gasteiger partial charge >= 0.3 is 6.61 Å². The number of imidazole rings is 1. The SMILES string of the molecule is Cc1ccc2ncn(C)c2c1CNC(=O)c1ccc(OC(F)F)cc1. The first-order valence-corrected chi connectivity index (χ1v) is 7.68. The van der Waals surface area contributed by atoms with Crippen molar-refractivity contribution >= 4 is 16.9 Å². The van der Waals surface area contributed by atoms with E-state index in [1.807, 2.05) is 30.7 Å². The molecule has 1 amide bonds. The molecule has 1 aromatic heterocycles. The maximum absolute atomic E-state index is 12.3. The maximum atomic E-state index is 12.3. The van der Waals surface area contributed by atoms with E-state index in [0.29, 0.717) is 12.1 Å². The lowest BCUT2D eigenvalue weighted by Gasteiger charge is -2.11. The quantitative estimate of drug-likeness (QED) is 0.771. The summed E-state index contributed by atoms with van der Waals surface area (Å²) in [5.74, 6) is -0.274. The Kier molecular flexibility index (Phi) is 4.65. The Bertz CT molecular complexity index is 905. The first-order valence-electron chi connectivity index (χ1n) is 7.68. The number of benzene rings is 2. The van der Waals surface area contributed by atoms with Gasteiger partial charge in [0.2, 0.25) is 0 Å². The van der Waals surface area contributed by atoms with E-state index in [0.717, 1.165) is 22.2 Å². The molecule has 0 aliphatic carbocycles. The highest BCUT2D eigenvalue weighted by atomic mass is 19.3. The molecule has 25 heavy (non-hydrogen) atoms. The topological polar surface area (TPSA) is 56.2 Å². The van der Waals surface area contributed by atoms with Crippen LogP contribution in [0.2, 0.25) is 0 Å². The lowest BCUT2D eigenvalue weighted by atomic mass is 10.1. The van der Waals surface area contributed by atoms with E-state index >= 15 is 0 Å². The zero-order valence-corrected chi connectivity index (χ0v) is 13.8. The molecule has 0 radical (unpaired) electrons. The fraction of sp³-hybridized carbons (Fsp3) is 0.222. The molecule has 0 aliphatic rings. The molecule has 130 valence electrons.